The minimum Gasteiger partial charge on any atom is -0.469 e. The number of ether oxygens (including phenoxy) is 1. The summed E-state index contributed by atoms with van der Waals surface area (Å²) in [5.74, 6) is -0.141. The summed E-state index contributed by atoms with van der Waals surface area (Å²) in [5.41, 5.74) is -0.0398. The predicted octanol–water partition coefficient (Wildman–Crippen LogP) is 2.07. The summed E-state index contributed by atoms with van der Waals surface area (Å²) in [7, 11) is 1.42. The SMILES string of the molecule is COC(=O)CC1(C)C=CC=CC1. The Bertz CT molecular complexity index is 228. The molecule has 0 saturated carbocycles. The molecule has 0 aromatic carbocycles. The second-order valence-electron chi connectivity index (χ2n) is 3.40. The first-order valence-electron chi connectivity index (χ1n) is 4.07. The van der Waals surface area contributed by atoms with Gasteiger partial charge >= 0.3 is 5.97 Å². The van der Waals surface area contributed by atoms with Gasteiger partial charge in [-0.2, -0.15) is 0 Å². The van der Waals surface area contributed by atoms with Crippen LogP contribution in [0, 0.1) is 5.41 Å². The number of rotatable bonds is 2. The molecule has 0 spiro atoms. The van der Waals surface area contributed by atoms with E-state index in [1.807, 2.05) is 12.2 Å². The van der Waals surface area contributed by atoms with Crippen molar-refractivity contribution in [1.82, 2.24) is 0 Å². The van der Waals surface area contributed by atoms with Gasteiger partial charge in [0.25, 0.3) is 0 Å². The Kier molecular flexibility index (Phi) is 2.69. The molecule has 0 bridgehead atoms. The van der Waals surface area contributed by atoms with Crippen LogP contribution in [-0.2, 0) is 9.53 Å². The lowest BCUT2D eigenvalue weighted by Crippen LogP contribution is -2.19. The summed E-state index contributed by atoms with van der Waals surface area (Å²) >= 11 is 0. The van der Waals surface area contributed by atoms with E-state index in [2.05, 4.69) is 23.8 Å². The third-order valence-electron chi connectivity index (χ3n) is 2.11. The summed E-state index contributed by atoms with van der Waals surface area (Å²) in [6, 6.07) is 0. The number of hydrogen-bond donors (Lipinski definition) is 0. The fourth-order valence-electron chi connectivity index (χ4n) is 1.30. The van der Waals surface area contributed by atoms with Crippen molar-refractivity contribution in [2.75, 3.05) is 7.11 Å². The second-order valence-corrected chi connectivity index (χ2v) is 3.40. The minimum absolute atomic E-state index is 0.0398. The minimum atomic E-state index is -0.141. The highest BCUT2D eigenvalue weighted by atomic mass is 16.5. The van der Waals surface area contributed by atoms with Gasteiger partial charge in [-0.3, -0.25) is 4.79 Å². The van der Waals surface area contributed by atoms with E-state index in [4.69, 9.17) is 0 Å². The van der Waals surface area contributed by atoms with Crippen molar-refractivity contribution in [2.45, 2.75) is 19.8 Å². The molecule has 0 saturated heterocycles. The Morgan fingerprint density at radius 3 is 2.83 bits per heavy atom. The van der Waals surface area contributed by atoms with Crippen molar-refractivity contribution < 1.29 is 9.53 Å². The average molecular weight is 166 g/mol. The number of carbonyl (C=O) groups excluding carboxylic acids is 1. The predicted molar refractivity (Wildman–Crippen MR) is 47.6 cm³/mol. The Morgan fingerprint density at radius 2 is 2.33 bits per heavy atom. The molecule has 0 N–H and O–H groups in total. The van der Waals surface area contributed by atoms with Crippen molar-refractivity contribution in [3.8, 4) is 0 Å². The molecule has 0 aromatic heterocycles. The molecule has 0 aliphatic heterocycles. The van der Waals surface area contributed by atoms with Crippen molar-refractivity contribution >= 4 is 5.97 Å². The molecule has 1 atom stereocenters. The van der Waals surface area contributed by atoms with E-state index in [1.54, 1.807) is 0 Å². The zero-order valence-corrected chi connectivity index (χ0v) is 7.54. The van der Waals surface area contributed by atoms with Gasteiger partial charge in [0.15, 0.2) is 0 Å². The summed E-state index contributed by atoms with van der Waals surface area (Å²) in [4.78, 5) is 11.0. The fourth-order valence-corrected chi connectivity index (χ4v) is 1.30. The molecule has 1 aliphatic carbocycles. The van der Waals surface area contributed by atoms with E-state index in [9.17, 15) is 4.79 Å². The topological polar surface area (TPSA) is 26.3 Å². The van der Waals surface area contributed by atoms with Crippen molar-refractivity contribution in [3.63, 3.8) is 0 Å². The molecule has 1 rings (SSSR count). The third-order valence-corrected chi connectivity index (χ3v) is 2.11. The van der Waals surface area contributed by atoms with Gasteiger partial charge in [0.2, 0.25) is 0 Å². The van der Waals surface area contributed by atoms with Gasteiger partial charge < -0.3 is 4.74 Å². The van der Waals surface area contributed by atoms with Gasteiger partial charge in [-0.15, -0.1) is 0 Å². The second kappa shape index (κ2) is 3.57. The molecule has 66 valence electrons. The first-order chi connectivity index (χ1) is 5.66. The van der Waals surface area contributed by atoms with E-state index < -0.39 is 0 Å². The van der Waals surface area contributed by atoms with Gasteiger partial charge in [0, 0.05) is 0 Å². The molecule has 0 radical (unpaired) electrons. The van der Waals surface area contributed by atoms with Crippen LogP contribution in [0.2, 0.25) is 0 Å². The van der Waals surface area contributed by atoms with Crippen LogP contribution < -0.4 is 0 Å². The molecule has 0 amide bonds. The fraction of sp³-hybridized carbons (Fsp3) is 0.500. The lowest BCUT2D eigenvalue weighted by Gasteiger charge is -2.24. The van der Waals surface area contributed by atoms with Gasteiger partial charge in [-0.25, -0.2) is 0 Å². The van der Waals surface area contributed by atoms with Gasteiger partial charge in [0.1, 0.15) is 0 Å². The van der Waals surface area contributed by atoms with Crippen LogP contribution in [-0.4, -0.2) is 13.1 Å². The van der Waals surface area contributed by atoms with Crippen LogP contribution in [0.15, 0.2) is 24.3 Å². The molecule has 0 aromatic rings. The zero-order chi connectivity index (χ0) is 9.03. The van der Waals surface area contributed by atoms with Gasteiger partial charge in [-0.05, 0) is 11.8 Å². The Hall–Kier alpha value is -1.05. The Morgan fingerprint density at radius 1 is 1.58 bits per heavy atom. The van der Waals surface area contributed by atoms with Crippen molar-refractivity contribution in [1.29, 1.82) is 0 Å². The molecule has 0 fully saturated rings. The molecule has 0 heterocycles. The summed E-state index contributed by atoms with van der Waals surface area (Å²) in [6.07, 6.45) is 9.49. The van der Waals surface area contributed by atoms with Crippen LogP contribution >= 0.6 is 0 Å². The van der Waals surface area contributed by atoms with Gasteiger partial charge in [-0.1, -0.05) is 31.2 Å². The lowest BCUT2D eigenvalue weighted by molar-refractivity contribution is -0.142. The maximum atomic E-state index is 11.0. The quantitative estimate of drug-likeness (QED) is 0.587. The number of carbonyl (C=O) groups is 1. The highest BCUT2D eigenvalue weighted by molar-refractivity contribution is 5.70. The number of allylic oxidation sites excluding steroid dienone is 4. The van der Waals surface area contributed by atoms with Crippen LogP contribution in [0.3, 0.4) is 0 Å². The largest absolute Gasteiger partial charge is 0.469 e. The maximum Gasteiger partial charge on any atom is 0.306 e. The monoisotopic (exact) mass is 166 g/mol. The van der Waals surface area contributed by atoms with E-state index in [0.29, 0.717) is 6.42 Å². The molecule has 2 heteroatoms. The van der Waals surface area contributed by atoms with Crippen LogP contribution in [0.25, 0.3) is 0 Å². The molecule has 12 heavy (non-hydrogen) atoms. The summed E-state index contributed by atoms with van der Waals surface area (Å²) < 4.78 is 4.62. The molecule has 1 unspecified atom stereocenters. The Balaban J connectivity index is 2.55. The normalized spacial score (nSPS) is 27.2. The molecule has 2 nitrogen and oxygen atoms in total. The number of esters is 1. The highest BCUT2D eigenvalue weighted by Gasteiger charge is 2.24. The van der Waals surface area contributed by atoms with Crippen LogP contribution in [0.5, 0.6) is 0 Å². The maximum absolute atomic E-state index is 11.0. The third kappa shape index (κ3) is 2.22. The smallest absolute Gasteiger partial charge is 0.306 e. The zero-order valence-electron chi connectivity index (χ0n) is 7.54. The van der Waals surface area contributed by atoms with E-state index in [1.165, 1.54) is 7.11 Å². The van der Waals surface area contributed by atoms with E-state index in [0.717, 1.165) is 6.42 Å². The van der Waals surface area contributed by atoms with Crippen LogP contribution in [0.1, 0.15) is 19.8 Å². The first kappa shape index (κ1) is 9.04. The Labute approximate surface area is 72.9 Å². The average Bonchev–Trinajstić information content (AvgIpc) is 2.05. The highest BCUT2D eigenvalue weighted by Crippen LogP contribution is 2.30. The summed E-state index contributed by atoms with van der Waals surface area (Å²) in [6.45, 7) is 2.06. The lowest BCUT2D eigenvalue weighted by atomic mass is 9.81. The molecular weight excluding hydrogens is 152 g/mol. The van der Waals surface area contributed by atoms with Crippen molar-refractivity contribution in [2.24, 2.45) is 5.41 Å². The number of methoxy groups -OCH3 is 1. The van der Waals surface area contributed by atoms with Gasteiger partial charge in [0.05, 0.1) is 13.5 Å². The van der Waals surface area contributed by atoms with E-state index in [-0.39, 0.29) is 11.4 Å². The van der Waals surface area contributed by atoms with E-state index >= 15 is 0 Å². The van der Waals surface area contributed by atoms with Crippen LogP contribution in [0.4, 0.5) is 0 Å². The molecular formula is C10H14O2. The van der Waals surface area contributed by atoms with Crippen molar-refractivity contribution in [3.05, 3.63) is 24.3 Å². The standard InChI is InChI=1S/C10H14O2/c1-10(8-9(11)12-2)6-4-3-5-7-10/h3-6H,7-8H2,1-2H3. The first-order valence-corrected chi connectivity index (χ1v) is 4.07. The number of hydrogen-bond acceptors (Lipinski definition) is 2. The summed E-state index contributed by atoms with van der Waals surface area (Å²) in [5, 5.41) is 0. The molecule has 1 aliphatic rings.